The number of hydrogen-bond acceptors (Lipinski definition) is 5. The zero-order valence-electron chi connectivity index (χ0n) is 17.4. The number of halogens is 1. The maximum atomic E-state index is 12.9. The molecule has 0 fully saturated rings. The Balaban J connectivity index is 1.57. The van der Waals surface area contributed by atoms with Crippen LogP contribution in [0.5, 0.6) is 23.0 Å². The largest absolute Gasteiger partial charge is 0.493 e. The average Bonchev–Trinajstić information content (AvgIpc) is 3.07. The van der Waals surface area contributed by atoms with E-state index >= 15 is 0 Å². The van der Waals surface area contributed by atoms with Crippen LogP contribution in [-0.4, -0.2) is 20.0 Å². The van der Waals surface area contributed by atoms with Crippen LogP contribution >= 0.6 is 11.6 Å². The molecular formula is C25H21ClO5. The summed E-state index contributed by atoms with van der Waals surface area (Å²) in [6.07, 6.45) is 1.69. The SMILES string of the molecule is COc1ccc(/C=C2\Oc3cc(OCc4cccc(Cl)c4)cc(C)c3C2=O)cc1OC. The highest BCUT2D eigenvalue weighted by Crippen LogP contribution is 2.38. The molecule has 1 aliphatic rings. The van der Waals surface area contributed by atoms with E-state index < -0.39 is 0 Å². The maximum Gasteiger partial charge on any atom is 0.232 e. The van der Waals surface area contributed by atoms with Crippen LogP contribution in [0.2, 0.25) is 5.02 Å². The Bertz CT molecular complexity index is 1180. The van der Waals surface area contributed by atoms with E-state index in [0.717, 1.165) is 16.7 Å². The van der Waals surface area contributed by atoms with Gasteiger partial charge >= 0.3 is 0 Å². The number of benzene rings is 3. The smallest absolute Gasteiger partial charge is 0.232 e. The highest BCUT2D eigenvalue weighted by molar-refractivity contribution is 6.30. The number of carbonyl (C=O) groups is 1. The van der Waals surface area contributed by atoms with Gasteiger partial charge in [0.25, 0.3) is 0 Å². The molecule has 3 aromatic carbocycles. The van der Waals surface area contributed by atoms with Crippen molar-refractivity contribution in [1.29, 1.82) is 0 Å². The minimum Gasteiger partial charge on any atom is -0.493 e. The predicted octanol–water partition coefficient (Wildman–Crippen LogP) is 5.86. The molecule has 1 aliphatic heterocycles. The number of Topliss-reactive ketones (excluding diaryl/α,β-unsaturated/α-hetero) is 1. The van der Waals surface area contributed by atoms with Crippen molar-refractivity contribution in [2.45, 2.75) is 13.5 Å². The van der Waals surface area contributed by atoms with Crippen molar-refractivity contribution >= 4 is 23.5 Å². The van der Waals surface area contributed by atoms with Crippen LogP contribution in [0.25, 0.3) is 6.08 Å². The molecule has 1 heterocycles. The summed E-state index contributed by atoms with van der Waals surface area (Å²) in [5.74, 6) is 2.38. The minimum atomic E-state index is -0.163. The molecule has 0 amide bonds. The van der Waals surface area contributed by atoms with Crippen molar-refractivity contribution in [2.75, 3.05) is 14.2 Å². The minimum absolute atomic E-state index is 0.163. The van der Waals surface area contributed by atoms with Crippen LogP contribution in [0.4, 0.5) is 0 Å². The molecule has 6 heteroatoms. The standard InChI is InChI=1S/C25H21ClO5/c1-15-9-19(30-14-17-5-4-6-18(26)10-17)13-22-24(15)25(27)23(31-22)12-16-7-8-20(28-2)21(11-16)29-3/h4-13H,14H2,1-3H3/b23-12-. The fourth-order valence-corrected chi connectivity index (χ4v) is 3.66. The van der Waals surface area contributed by atoms with Gasteiger partial charge in [0.1, 0.15) is 18.1 Å². The van der Waals surface area contributed by atoms with E-state index in [4.69, 9.17) is 30.5 Å². The third kappa shape index (κ3) is 4.37. The van der Waals surface area contributed by atoms with Gasteiger partial charge in [-0.2, -0.15) is 0 Å². The van der Waals surface area contributed by atoms with Crippen LogP contribution in [0.3, 0.4) is 0 Å². The maximum absolute atomic E-state index is 12.9. The van der Waals surface area contributed by atoms with Gasteiger partial charge in [-0.05, 0) is 60.0 Å². The Kier molecular flexibility index (Phi) is 5.87. The molecule has 0 saturated heterocycles. The fraction of sp³-hybridized carbons (Fsp3) is 0.160. The van der Waals surface area contributed by atoms with Gasteiger partial charge in [-0.25, -0.2) is 0 Å². The molecule has 0 spiro atoms. The first-order valence-corrected chi connectivity index (χ1v) is 10.0. The molecule has 0 radical (unpaired) electrons. The summed E-state index contributed by atoms with van der Waals surface area (Å²) in [6.45, 7) is 2.23. The number of rotatable bonds is 6. The van der Waals surface area contributed by atoms with Gasteiger partial charge in [-0.1, -0.05) is 29.8 Å². The number of hydrogen-bond donors (Lipinski definition) is 0. The van der Waals surface area contributed by atoms with Gasteiger partial charge in [0.2, 0.25) is 5.78 Å². The van der Waals surface area contributed by atoms with Gasteiger partial charge < -0.3 is 18.9 Å². The normalized spacial score (nSPS) is 13.7. The highest BCUT2D eigenvalue weighted by atomic mass is 35.5. The molecule has 0 aliphatic carbocycles. The Hall–Kier alpha value is -3.44. The Morgan fingerprint density at radius 3 is 2.55 bits per heavy atom. The molecule has 0 aromatic heterocycles. The number of aryl methyl sites for hydroxylation is 1. The first-order valence-electron chi connectivity index (χ1n) is 9.66. The molecule has 158 valence electrons. The van der Waals surface area contributed by atoms with Crippen molar-refractivity contribution in [3.8, 4) is 23.0 Å². The van der Waals surface area contributed by atoms with E-state index in [-0.39, 0.29) is 11.5 Å². The summed E-state index contributed by atoms with van der Waals surface area (Å²) in [5.41, 5.74) is 3.06. The van der Waals surface area contributed by atoms with Gasteiger partial charge in [-0.3, -0.25) is 4.79 Å². The molecule has 0 N–H and O–H groups in total. The number of carbonyl (C=O) groups excluding carboxylic acids is 1. The third-order valence-electron chi connectivity index (χ3n) is 4.94. The second-order valence-electron chi connectivity index (χ2n) is 7.09. The van der Waals surface area contributed by atoms with Gasteiger partial charge in [-0.15, -0.1) is 0 Å². The van der Waals surface area contributed by atoms with Gasteiger partial charge in [0.15, 0.2) is 17.3 Å². The lowest BCUT2D eigenvalue weighted by Gasteiger charge is -2.09. The quantitative estimate of drug-likeness (QED) is 0.453. The van der Waals surface area contributed by atoms with Crippen molar-refractivity contribution in [3.05, 3.63) is 87.6 Å². The number of methoxy groups -OCH3 is 2. The van der Waals surface area contributed by atoms with Crippen LogP contribution in [-0.2, 0) is 6.61 Å². The predicted molar refractivity (Wildman–Crippen MR) is 119 cm³/mol. The number of fused-ring (bicyclic) bond motifs is 1. The van der Waals surface area contributed by atoms with Crippen molar-refractivity contribution in [1.82, 2.24) is 0 Å². The van der Waals surface area contributed by atoms with Crippen molar-refractivity contribution in [3.63, 3.8) is 0 Å². The van der Waals surface area contributed by atoms with E-state index in [1.54, 1.807) is 38.5 Å². The summed E-state index contributed by atoms with van der Waals surface area (Å²) in [7, 11) is 3.14. The molecule has 31 heavy (non-hydrogen) atoms. The van der Waals surface area contributed by atoms with E-state index in [1.807, 2.05) is 43.3 Å². The van der Waals surface area contributed by atoms with E-state index in [1.165, 1.54) is 0 Å². The molecule has 5 nitrogen and oxygen atoms in total. The second kappa shape index (κ2) is 8.74. The first-order chi connectivity index (χ1) is 15.0. The summed E-state index contributed by atoms with van der Waals surface area (Å²) >= 11 is 6.03. The molecule has 0 atom stereocenters. The molecule has 4 rings (SSSR count). The Morgan fingerprint density at radius 1 is 1.00 bits per heavy atom. The van der Waals surface area contributed by atoms with E-state index in [0.29, 0.717) is 40.2 Å². The molecular weight excluding hydrogens is 416 g/mol. The van der Waals surface area contributed by atoms with Crippen LogP contribution in [0.1, 0.15) is 27.0 Å². The monoisotopic (exact) mass is 436 g/mol. The van der Waals surface area contributed by atoms with Gasteiger partial charge in [0, 0.05) is 11.1 Å². The lowest BCUT2D eigenvalue weighted by Crippen LogP contribution is -2.00. The Morgan fingerprint density at radius 2 is 1.81 bits per heavy atom. The molecule has 3 aromatic rings. The van der Waals surface area contributed by atoms with Crippen molar-refractivity contribution in [2.24, 2.45) is 0 Å². The number of allylic oxidation sites excluding steroid dienone is 1. The van der Waals surface area contributed by atoms with Gasteiger partial charge in [0.05, 0.1) is 19.8 Å². The van der Waals surface area contributed by atoms with Crippen LogP contribution in [0.15, 0.2) is 60.4 Å². The summed E-state index contributed by atoms with van der Waals surface area (Å²) in [6, 6.07) is 16.5. The number of ether oxygens (including phenoxy) is 4. The summed E-state index contributed by atoms with van der Waals surface area (Å²) in [4.78, 5) is 12.9. The molecule has 0 unspecified atom stereocenters. The average molecular weight is 437 g/mol. The van der Waals surface area contributed by atoms with Crippen LogP contribution < -0.4 is 18.9 Å². The highest BCUT2D eigenvalue weighted by Gasteiger charge is 2.30. The van der Waals surface area contributed by atoms with E-state index in [2.05, 4.69) is 0 Å². The van der Waals surface area contributed by atoms with Crippen molar-refractivity contribution < 1.29 is 23.7 Å². The van der Waals surface area contributed by atoms with E-state index in [9.17, 15) is 4.79 Å². The first kappa shape index (κ1) is 20.8. The molecule has 0 bridgehead atoms. The zero-order valence-corrected chi connectivity index (χ0v) is 18.2. The Labute approximate surface area is 185 Å². The zero-order chi connectivity index (χ0) is 22.0. The topological polar surface area (TPSA) is 54.0 Å². The van der Waals surface area contributed by atoms with Crippen LogP contribution in [0, 0.1) is 6.92 Å². The summed E-state index contributed by atoms with van der Waals surface area (Å²) < 4.78 is 22.4. The lowest BCUT2D eigenvalue weighted by atomic mass is 10.0. The fourth-order valence-electron chi connectivity index (χ4n) is 3.45. The third-order valence-corrected chi connectivity index (χ3v) is 5.18. The lowest BCUT2D eigenvalue weighted by molar-refractivity contribution is 0.101. The number of ketones is 1. The summed E-state index contributed by atoms with van der Waals surface area (Å²) in [5, 5.41) is 0.658. The molecule has 0 saturated carbocycles. The second-order valence-corrected chi connectivity index (χ2v) is 7.52.